The second kappa shape index (κ2) is 7.43. The van der Waals surface area contributed by atoms with E-state index in [1.807, 2.05) is 0 Å². The summed E-state index contributed by atoms with van der Waals surface area (Å²) in [5.74, 6) is -0.419. The average Bonchev–Trinajstić information content (AvgIpc) is 3.06. The molecule has 0 saturated heterocycles. The maximum Gasteiger partial charge on any atom is 0.391 e. The number of hydrogen-bond acceptors (Lipinski definition) is 4. The zero-order valence-corrected chi connectivity index (χ0v) is 15.0. The summed E-state index contributed by atoms with van der Waals surface area (Å²) in [7, 11) is 0. The van der Waals surface area contributed by atoms with Crippen molar-refractivity contribution in [2.75, 3.05) is 5.32 Å². The Morgan fingerprint density at radius 1 is 1.10 bits per heavy atom. The lowest BCUT2D eigenvalue weighted by Crippen LogP contribution is -2.30. The Kier molecular flexibility index (Phi) is 4.66. The minimum absolute atomic E-state index is 0.216. The summed E-state index contributed by atoms with van der Waals surface area (Å²) in [4.78, 5) is 16.3. The van der Waals surface area contributed by atoms with Crippen molar-refractivity contribution in [1.29, 1.82) is 0 Å². The number of aromatic nitrogens is 3. The summed E-state index contributed by atoms with van der Waals surface area (Å²) in [6, 6.07) is 15.7. The van der Waals surface area contributed by atoms with Gasteiger partial charge in [0.05, 0.1) is 0 Å². The highest BCUT2D eigenvalue weighted by Crippen LogP contribution is 2.23. The van der Waals surface area contributed by atoms with Gasteiger partial charge in [0.15, 0.2) is 5.52 Å². The Bertz CT molecular complexity index is 1220. The maximum absolute atomic E-state index is 12.9. The molecular weight excluding hydrogens is 375 g/mol. The molecular formula is C21H16FN4O3+. The number of nitrogens with zero attached hydrogens (tertiary/aromatic N) is 3. The molecule has 0 atom stereocenters. The molecule has 0 aliphatic carbocycles. The zero-order valence-electron chi connectivity index (χ0n) is 15.0. The summed E-state index contributed by atoms with van der Waals surface area (Å²) >= 11 is 0. The molecule has 4 rings (SSSR count). The third-order valence-corrected chi connectivity index (χ3v) is 4.28. The molecule has 0 spiro atoms. The van der Waals surface area contributed by atoms with Gasteiger partial charge in [-0.15, -0.1) is 4.73 Å². The maximum atomic E-state index is 12.9. The van der Waals surface area contributed by atoms with Crippen LogP contribution in [0.2, 0.25) is 0 Å². The van der Waals surface area contributed by atoms with Crippen LogP contribution in [0.4, 0.5) is 10.1 Å². The minimum atomic E-state index is -0.336. The molecule has 7 nitrogen and oxygen atoms in total. The van der Waals surface area contributed by atoms with Gasteiger partial charge in [-0.1, -0.05) is 12.1 Å². The van der Waals surface area contributed by atoms with Gasteiger partial charge in [-0.2, -0.15) is 0 Å². The molecule has 0 saturated carbocycles. The van der Waals surface area contributed by atoms with Crippen molar-refractivity contribution in [2.24, 2.45) is 0 Å². The molecule has 3 N–H and O–H groups in total. The first-order chi connectivity index (χ1) is 14.0. The monoisotopic (exact) mass is 391 g/mol. The number of amides is 1. The zero-order chi connectivity index (χ0) is 20.4. The van der Waals surface area contributed by atoms with Crippen LogP contribution in [-0.4, -0.2) is 26.0 Å². The van der Waals surface area contributed by atoms with Gasteiger partial charge < -0.3 is 15.7 Å². The second-order valence-corrected chi connectivity index (χ2v) is 6.26. The minimum Gasteiger partial charge on any atom is -0.424 e. The van der Waals surface area contributed by atoms with Gasteiger partial charge in [0, 0.05) is 17.3 Å². The van der Waals surface area contributed by atoms with E-state index in [0.717, 1.165) is 9.46 Å². The third-order valence-electron chi connectivity index (χ3n) is 4.28. The Balaban J connectivity index is 1.49. The van der Waals surface area contributed by atoms with Gasteiger partial charge in [-0.3, -0.25) is 4.79 Å². The summed E-state index contributed by atoms with van der Waals surface area (Å²) in [5.41, 5.74) is 2.44. The number of benzene rings is 2. The summed E-state index contributed by atoms with van der Waals surface area (Å²) in [6.07, 6.45) is 4.35. The second-order valence-electron chi connectivity index (χ2n) is 6.26. The molecule has 0 unspecified atom stereocenters. The molecule has 29 heavy (non-hydrogen) atoms. The normalized spacial score (nSPS) is 11.2. The van der Waals surface area contributed by atoms with Crippen LogP contribution in [0.3, 0.4) is 0 Å². The quantitative estimate of drug-likeness (QED) is 0.283. The van der Waals surface area contributed by atoms with Crippen LogP contribution in [0, 0.1) is 5.82 Å². The van der Waals surface area contributed by atoms with Crippen LogP contribution in [-0.2, 0) is 4.79 Å². The topological polar surface area (TPSA) is 91.3 Å². The lowest BCUT2D eigenvalue weighted by atomic mass is 10.2. The highest BCUT2D eigenvalue weighted by atomic mass is 19.1. The van der Waals surface area contributed by atoms with Crippen LogP contribution < -0.4 is 10.0 Å². The lowest BCUT2D eigenvalue weighted by molar-refractivity contribution is -0.885. The SMILES string of the molecule is O=C(C=Cc1ccc(F)cc1)Nc1ccc(-c2nc3c(ccc[n+]3O)n2O)cc1. The van der Waals surface area contributed by atoms with E-state index in [-0.39, 0.29) is 23.2 Å². The van der Waals surface area contributed by atoms with Gasteiger partial charge >= 0.3 is 5.65 Å². The van der Waals surface area contributed by atoms with E-state index < -0.39 is 0 Å². The van der Waals surface area contributed by atoms with E-state index in [1.165, 1.54) is 24.4 Å². The third kappa shape index (κ3) is 3.77. The Morgan fingerprint density at radius 3 is 2.52 bits per heavy atom. The molecule has 2 aromatic heterocycles. The fourth-order valence-corrected chi connectivity index (χ4v) is 2.83. The molecule has 0 aliphatic heterocycles. The predicted octanol–water partition coefficient (Wildman–Crippen LogP) is 3.26. The number of anilines is 1. The Labute approximate surface area is 164 Å². The smallest absolute Gasteiger partial charge is 0.391 e. The first kappa shape index (κ1) is 18.2. The summed E-state index contributed by atoms with van der Waals surface area (Å²) in [5, 5.41) is 22.8. The van der Waals surface area contributed by atoms with Crippen molar-refractivity contribution < 1.29 is 24.3 Å². The van der Waals surface area contributed by atoms with Gasteiger partial charge in [0.2, 0.25) is 5.91 Å². The fourth-order valence-electron chi connectivity index (χ4n) is 2.83. The van der Waals surface area contributed by atoms with E-state index in [2.05, 4.69) is 10.3 Å². The van der Waals surface area contributed by atoms with Crippen molar-refractivity contribution >= 4 is 28.8 Å². The summed E-state index contributed by atoms with van der Waals surface area (Å²) in [6.45, 7) is 0. The highest BCUT2D eigenvalue weighted by Gasteiger charge is 2.22. The summed E-state index contributed by atoms with van der Waals surface area (Å²) < 4.78 is 14.6. The van der Waals surface area contributed by atoms with Crippen LogP contribution in [0.1, 0.15) is 5.56 Å². The molecule has 0 fully saturated rings. The number of halogens is 1. The number of fused-ring (bicyclic) bond motifs is 1. The Morgan fingerprint density at radius 2 is 1.83 bits per heavy atom. The highest BCUT2D eigenvalue weighted by molar-refractivity contribution is 6.02. The fraction of sp³-hybridized carbons (Fsp3) is 0. The standard InChI is InChI=1S/C21H15FN4O3/c22-16-8-3-14(4-9-16)5-12-19(27)23-17-10-6-15(7-11-17)20-24-21-18(26(20)29)2-1-13-25(21)28/h1-13,28-29H/p+1. The van der Waals surface area contributed by atoms with E-state index in [0.29, 0.717) is 22.3 Å². The number of rotatable bonds is 4. The van der Waals surface area contributed by atoms with Crippen molar-refractivity contribution in [3.63, 3.8) is 0 Å². The first-order valence-electron chi connectivity index (χ1n) is 8.68. The van der Waals surface area contributed by atoms with Gasteiger partial charge in [0.25, 0.3) is 5.82 Å². The number of imidazole rings is 1. The van der Waals surface area contributed by atoms with E-state index in [9.17, 15) is 19.6 Å². The number of carbonyl (C=O) groups is 1. The molecule has 2 heterocycles. The lowest BCUT2D eigenvalue weighted by Gasteiger charge is -2.03. The number of pyridine rings is 1. The molecule has 0 radical (unpaired) electrons. The Hall–Kier alpha value is -4.20. The molecule has 8 heteroatoms. The van der Waals surface area contributed by atoms with Crippen LogP contribution in [0.5, 0.6) is 0 Å². The van der Waals surface area contributed by atoms with E-state index >= 15 is 0 Å². The van der Waals surface area contributed by atoms with Crippen LogP contribution in [0.25, 0.3) is 28.6 Å². The van der Waals surface area contributed by atoms with Gasteiger partial charge in [0.1, 0.15) is 12.0 Å². The van der Waals surface area contributed by atoms with Gasteiger partial charge in [-0.05, 0) is 69.9 Å². The number of hydrogen-bond donors (Lipinski definition) is 3. The molecule has 0 bridgehead atoms. The van der Waals surface area contributed by atoms with Crippen LogP contribution >= 0.6 is 0 Å². The number of carbonyl (C=O) groups excluding carboxylic acids is 1. The molecule has 1 amide bonds. The predicted molar refractivity (Wildman–Crippen MR) is 104 cm³/mol. The first-order valence-corrected chi connectivity index (χ1v) is 8.68. The van der Waals surface area contributed by atoms with Gasteiger partial charge in [-0.25, -0.2) is 4.39 Å². The van der Waals surface area contributed by atoms with E-state index in [4.69, 9.17) is 0 Å². The largest absolute Gasteiger partial charge is 0.424 e. The number of nitrogens with one attached hydrogen (secondary N) is 1. The molecule has 2 aromatic carbocycles. The molecule has 144 valence electrons. The van der Waals surface area contributed by atoms with Crippen molar-refractivity contribution in [1.82, 2.24) is 9.71 Å². The van der Waals surface area contributed by atoms with Crippen molar-refractivity contribution in [3.8, 4) is 11.4 Å². The van der Waals surface area contributed by atoms with E-state index in [1.54, 1.807) is 54.6 Å². The van der Waals surface area contributed by atoms with Crippen LogP contribution in [0.15, 0.2) is 72.9 Å². The molecule has 0 aliphatic rings. The van der Waals surface area contributed by atoms with Crippen molar-refractivity contribution in [2.45, 2.75) is 0 Å². The molecule has 4 aromatic rings. The van der Waals surface area contributed by atoms with Crippen molar-refractivity contribution in [3.05, 3.63) is 84.3 Å². The average molecular weight is 391 g/mol.